The highest BCUT2D eigenvalue weighted by molar-refractivity contribution is 5.86. The summed E-state index contributed by atoms with van der Waals surface area (Å²) in [7, 11) is 0. The minimum Gasteiger partial charge on any atom is -0.457 e. The van der Waals surface area contributed by atoms with E-state index >= 15 is 0 Å². The van der Waals surface area contributed by atoms with Crippen LogP contribution in [0.2, 0.25) is 0 Å². The Balaban J connectivity index is 1.91. The van der Waals surface area contributed by atoms with Gasteiger partial charge in [0.15, 0.2) is 0 Å². The minimum absolute atomic E-state index is 0.0896. The highest BCUT2D eigenvalue weighted by Gasteiger charge is 2.38. The Bertz CT molecular complexity index is 565. The van der Waals surface area contributed by atoms with E-state index in [1.54, 1.807) is 0 Å². The summed E-state index contributed by atoms with van der Waals surface area (Å²) < 4.78 is 17.1. The lowest BCUT2D eigenvalue weighted by Crippen LogP contribution is -2.42. The zero-order chi connectivity index (χ0) is 19.2. The number of hydrogen-bond acceptors (Lipinski definition) is 6. The summed E-state index contributed by atoms with van der Waals surface area (Å²) in [5, 5.41) is 0. The van der Waals surface area contributed by atoms with Crippen molar-refractivity contribution in [2.45, 2.75) is 82.5 Å². The molecular weight excluding hydrogens is 334 g/mol. The number of carbonyl (C=O) groups is 2. The van der Waals surface area contributed by atoms with E-state index in [1.165, 1.54) is 0 Å². The van der Waals surface area contributed by atoms with E-state index in [-0.39, 0.29) is 23.9 Å². The number of carbonyl (C=O) groups excluding carboxylic acids is 2. The lowest BCUT2D eigenvalue weighted by atomic mass is 9.85. The van der Waals surface area contributed by atoms with Crippen LogP contribution in [0.3, 0.4) is 0 Å². The van der Waals surface area contributed by atoms with Gasteiger partial charge in [-0.25, -0.2) is 9.59 Å². The van der Waals surface area contributed by atoms with Gasteiger partial charge in [-0.3, -0.25) is 0 Å². The van der Waals surface area contributed by atoms with Crippen LogP contribution in [0.25, 0.3) is 0 Å². The van der Waals surface area contributed by atoms with Gasteiger partial charge in [0.1, 0.15) is 24.0 Å². The van der Waals surface area contributed by atoms with E-state index < -0.39 is 17.7 Å². The van der Waals surface area contributed by atoms with Gasteiger partial charge in [-0.2, -0.15) is 0 Å². The largest absolute Gasteiger partial charge is 0.457 e. The van der Waals surface area contributed by atoms with Crippen LogP contribution in [0, 0.1) is 0 Å². The molecule has 2 aliphatic rings. The molecule has 2 aliphatic carbocycles. The van der Waals surface area contributed by atoms with Crippen LogP contribution in [-0.4, -0.2) is 35.9 Å². The first-order valence-corrected chi connectivity index (χ1v) is 9.51. The lowest BCUT2D eigenvalue weighted by Gasteiger charge is -2.37. The van der Waals surface area contributed by atoms with Crippen LogP contribution < -0.4 is 5.73 Å². The van der Waals surface area contributed by atoms with E-state index in [4.69, 9.17) is 19.9 Å². The van der Waals surface area contributed by atoms with Gasteiger partial charge >= 0.3 is 11.9 Å². The van der Waals surface area contributed by atoms with Gasteiger partial charge in [0.05, 0.1) is 5.60 Å². The summed E-state index contributed by atoms with van der Waals surface area (Å²) >= 11 is 0. The van der Waals surface area contributed by atoms with Crippen molar-refractivity contribution in [2.75, 3.05) is 6.61 Å². The second-order valence-corrected chi connectivity index (χ2v) is 7.35. The van der Waals surface area contributed by atoms with Crippen LogP contribution in [0.1, 0.15) is 65.2 Å². The number of ether oxygens (including phenoxy) is 3. The normalized spacial score (nSPS) is 27.1. The molecule has 0 aromatic heterocycles. The molecule has 2 unspecified atom stereocenters. The molecule has 6 nitrogen and oxygen atoms in total. The maximum atomic E-state index is 12.3. The first-order chi connectivity index (χ1) is 12.3. The molecule has 0 amide bonds. The Labute approximate surface area is 155 Å². The van der Waals surface area contributed by atoms with Gasteiger partial charge < -0.3 is 19.9 Å². The first-order valence-electron chi connectivity index (χ1n) is 9.51. The Kier molecular flexibility index (Phi) is 6.87. The summed E-state index contributed by atoms with van der Waals surface area (Å²) in [4.78, 5) is 24.0. The molecule has 2 N–H and O–H groups in total. The van der Waals surface area contributed by atoms with Crippen LogP contribution in [0.5, 0.6) is 0 Å². The molecule has 0 bridgehead atoms. The van der Waals surface area contributed by atoms with Crippen molar-refractivity contribution >= 4 is 11.9 Å². The summed E-state index contributed by atoms with van der Waals surface area (Å²) in [6, 6.07) is 0. The van der Waals surface area contributed by atoms with Crippen molar-refractivity contribution in [1.29, 1.82) is 0 Å². The van der Waals surface area contributed by atoms with Gasteiger partial charge in [-0.1, -0.05) is 26.5 Å². The molecule has 1 fully saturated rings. The van der Waals surface area contributed by atoms with Crippen LogP contribution in [0.15, 0.2) is 24.4 Å². The average molecular weight is 365 g/mol. The van der Waals surface area contributed by atoms with Crippen LogP contribution >= 0.6 is 0 Å². The van der Waals surface area contributed by atoms with E-state index in [2.05, 4.69) is 13.5 Å². The summed E-state index contributed by atoms with van der Waals surface area (Å²) in [5.74, 6) is -0.947. The molecule has 146 valence electrons. The van der Waals surface area contributed by atoms with Crippen LogP contribution in [0.4, 0.5) is 0 Å². The maximum absolute atomic E-state index is 12.3. The average Bonchev–Trinajstić information content (AvgIpc) is 3.09. The van der Waals surface area contributed by atoms with Crippen molar-refractivity contribution < 1.29 is 23.8 Å². The van der Waals surface area contributed by atoms with Gasteiger partial charge in [0.2, 0.25) is 0 Å². The number of nitrogens with two attached hydrogens (primary N) is 1. The third kappa shape index (κ3) is 5.10. The highest BCUT2D eigenvalue weighted by Crippen LogP contribution is 2.37. The molecule has 26 heavy (non-hydrogen) atoms. The van der Waals surface area contributed by atoms with E-state index in [1.807, 2.05) is 19.1 Å². The molecule has 0 saturated heterocycles. The molecule has 1 saturated carbocycles. The molecule has 2 rings (SSSR count). The summed E-state index contributed by atoms with van der Waals surface area (Å²) in [6.07, 6.45) is 10.0. The molecule has 0 heterocycles. The number of esters is 2. The number of rotatable bonds is 8. The van der Waals surface area contributed by atoms with Gasteiger partial charge in [-0.15, -0.1) is 0 Å². The van der Waals surface area contributed by atoms with E-state index in [0.29, 0.717) is 19.3 Å². The van der Waals surface area contributed by atoms with E-state index in [0.717, 1.165) is 32.1 Å². The molecule has 0 aromatic rings. The highest BCUT2D eigenvalue weighted by atomic mass is 16.6. The third-order valence-electron chi connectivity index (χ3n) is 5.56. The Hall–Kier alpha value is -1.82. The second-order valence-electron chi connectivity index (χ2n) is 7.35. The van der Waals surface area contributed by atoms with Crippen molar-refractivity contribution in [3.63, 3.8) is 0 Å². The van der Waals surface area contributed by atoms with Crippen LogP contribution in [-0.2, 0) is 23.8 Å². The van der Waals surface area contributed by atoms with Crippen molar-refractivity contribution in [1.82, 2.24) is 0 Å². The van der Waals surface area contributed by atoms with Gasteiger partial charge in [-0.05, 0) is 51.0 Å². The third-order valence-corrected chi connectivity index (χ3v) is 5.56. The predicted molar refractivity (Wildman–Crippen MR) is 98.1 cm³/mol. The summed E-state index contributed by atoms with van der Waals surface area (Å²) in [5.41, 5.74) is 4.38. The standard InChI is InChI=1S/C20H31NO5/c1-4-19(10-6-7-11-19)26-17(22)14-24-20(5-2)12-8-9-16(13-20)25-18(23)15(3)21/h8-9,16H,3-7,10-14,21H2,1-2H3. The minimum atomic E-state index is -0.628. The van der Waals surface area contributed by atoms with Gasteiger partial charge in [0, 0.05) is 6.42 Å². The molecule has 0 radical (unpaired) electrons. The fraction of sp³-hybridized carbons (Fsp3) is 0.700. The molecule has 2 atom stereocenters. The SMILES string of the molecule is C=C(N)C(=O)OC1C=CCC(CC)(OCC(=O)OC2(CC)CCCC2)C1. The zero-order valence-corrected chi connectivity index (χ0v) is 15.9. The fourth-order valence-electron chi connectivity index (χ4n) is 3.79. The fourth-order valence-corrected chi connectivity index (χ4v) is 3.79. The molecule has 0 aromatic carbocycles. The van der Waals surface area contributed by atoms with Crippen molar-refractivity contribution in [3.05, 3.63) is 24.4 Å². The van der Waals surface area contributed by atoms with Gasteiger partial charge in [0.25, 0.3) is 0 Å². The first kappa shape index (κ1) is 20.5. The Morgan fingerprint density at radius 3 is 2.42 bits per heavy atom. The molecule has 0 spiro atoms. The predicted octanol–water partition coefficient (Wildman–Crippen LogP) is 3.15. The molecular formula is C20H31NO5. The maximum Gasteiger partial charge on any atom is 0.354 e. The lowest BCUT2D eigenvalue weighted by molar-refractivity contribution is -0.175. The van der Waals surface area contributed by atoms with Crippen molar-refractivity contribution in [2.24, 2.45) is 5.73 Å². The zero-order valence-electron chi connectivity index (χ0n) is 15.9. The van der Waals surface area contributed by atoms with E-state index in [9.17, 15) is 9.59 Å². The number of hydrogen-bond donors (Lipinski definition) is 1. The Morgan fingerprint density at radius 2 is 1.85 bits per heavy atom. The Morgan fingerprint density at radius 1 is 1.19 bits per heavy atom. The van der Waals surface area contributed by atoms with Crippen molar-refractivity contribution in [3.8, 4) is 0 Å². The topological polar surface area (TPSA) is 87.9 Å². The molecule has 6 heteroatoms. The monoisotopic (exact) mass is 365 g/mol. The smallest absolute Gasteiger partial charge is 0.354 e. The second kappa shape index (κ2) is 8.71. The molecule has 0 aliphatic heterocycles. The quantitative estimate of drug-likeness (QED) is 0.404. The summed E-state index contributed by atoms with van der Waals surface area (Å²) in [6.45, 7) is 7.35.